The van der Waals surface area contributed by atoms with Crippen molar-refractivity contribution in [1.29, 1.82) is 0 Å². The number of aromatic nitrogens is 2. The largest absolute Gasteiger partial charge is 0.426 e. The fourth-order valence-electron chi connectivity index (χ4n) is 2.94. The molecule has 1 aliphatic heterocycles. The fraction of sp³-hybridized carbons (Fsp3) is 0.421. The van der Waals surface area contributed by atoms with Crippen LogP contribution in [0.5, 0.6) is 5.75 Å². The fourth-order valence-corrected chi connectivity index (χ4v) is 3.17. The summed E-state index contributed by atoms with van der Waals surface area (Å²) in [6.07, 6.45) is 0.355. The van der Waals surface area contributed by atoms with Crippen LogP contribution in [-0.4, -0.2) is 42.2 Å². The number of H-pyrrole nitrogens is 1. The summed E-state index contributed by atoms with van der Waals surface area (Å²) in [4.78, 5) is 33.9. The minimum atomic E-state index is -0.406. The highest BCUT2D eigenvalue weighted by Gasteiger charge is 2.17. The van der Waals surface area contributed by atoms with E-state index in [-0.39, 0.29) is 18.4 Å². The zero-order chi connectivity index (χ0) is 19.4. The number of ether oxygens (including phenoxy) is 2. The number of morpholine rings is 1. The van der Waals surface area contributed by atoms with E-state index in [1.54, 1.807) is 25.1 Å². The number of hydrogen-bond donors (Lipinski definition) is 1. The average molecular weight is 392 g/mol. The van der Waals surface area contributed by atoms with Gasteiger partial charge >= 0.3 is 5.97 Å². The van der Waals surface area contributed by atoms with Crippen molar-refractivity contribution in [2.24, 2.45) is 0 Å². The van der Waals surface area contributed by atoms with Crippen molar-refractivity contribution in [3.63, 3.8) is 0 Å². The van der Waals surface area contributed by atoms with Gasteiger partial charge in [0, 0.05) is 29.4 Å². The molecule has 1 fully saturated rings. The average Bonchev–Trinajstić information content (AvgIpc) is 2.64. The maximum Gasteiger partial charge on any atom is 0.311 e. The molecule has 1 N–H and O–H groups in total. The SMILES string of the molecule is Cc1cc(Cl)ccc1OC(=O)CCc1c(C)nc(N2CCOCC2)[nH]c1=O. The van der Waals surface area contributed by atoms with Crippen LogP contribution in [-0.2, 0) is 16.0 Å². The van der Waals surface area contributed by atoms with Gasteiger partial charge in [-0.15, -0.1) is 0 Å². The number of carbonyl (C=O) groups is 1. The van der Waals surface area contributed by atoms with Crippen LogP contribution in [0.25, 0.3) is 0 Å². The summed E-state index contributed by atoms with van der Waals surface area (Å²) in [5.41, 5.74) is 1.67. The molecule has 1 aromatic heterocycles. The van der Waals surface area contributed by atoms with Crippen LogP contribution in [0.1, 0.15) is 23.2 Å². The van der Waals surface area contributed by atoms with E-state index in [9.17, 15) is 9.59 Å². The summed E-state index contributed by atoms with van der Waals surface area (Å²) in [7, 11) is 0. The van der Waals surface area contributed by atoms with Gasteiger partial charge in [-0.05, 0) is 44.0 Å². The van der Waals surface area contributed by atoms with Crippen molar-refractivity contribution in [3.8, 4) is 5.75 Å². The number of aromatic amines is 1. The van der Waals surface area contributed by atoms with Gasteiger partial charge in [-0.3, -0.25) is 14.6 Å². The first-order valence-electron chi connectivity index (χ1n) is 8.83. The number of rotatable bonds is 5. The molecule has 0 amide bonds. The highest BCUT2D eigenvalue weighted by atomic mass is 35.5. The highest BCUT2D eigenvalue weighted by Crippen LogP contribution is 2.22. The first-order valence-corrected chi connectivity index (χ1v) is 9.21. The summed E-state index contributed by atoms with van der Waals surface area (Å²) in [5, 5.41) is 0.584. The monoisotopic (exact) mass is 391 g/mol. The van der Waals surface area contributed by atoms with Crippen molar-refractivity contribution >= 4 is 23.5 Å². The topological polar surface area (TPSA) is 84.5 Å². The Labute approximate surface area is 162 Å². The summed E-state index contributed by atoms with van der Waals surface area (Å²) in [5.74, 6) is 0.608. The maximum absolute atomic E-state index is 12.4. The number of carbonyl (C=O) groups excluding carboxylic acids is 1. The van der Waals surface area contributed by atoms with Gasteiger partial charge in [0.15, 0.2) is 0 Å². The third-order valence-corrected chi connectivity index (χ3v) is 4.70. The third kappa shape index (κ3) is 4.87. The van der Waals surface area contributed by atoms with Gasteiger partial charge in [0.25, 0.3) is 5.56 Å². The summed E-state index contributed by atoms with van der Waals surface area (Å²) in [6.45, 7) is 6.20. The Morgan fingerprint density at radius 1 is 1.33 bits per heavy atom. The van der Waals surface area contributed by atoms with Gasteiger partial charge < -0.3 is 14.4 Å². The van der Waals surface area contributed by atoms with Crippen LogP contribution in [0.3, 0.4) is 0 Å². The lowest BCUT2D eigenvalue weighted by atomic mass is 10.1. The van der Waals surface area contributed by atoms with E-state index in [0.29, 0.717) is 54.3 Å². The predicted octanol–water partition coefficient (Wildman–Crippen LogP) is 2.41. The normalized spacial score (nSPS) is 14.3. The summed E-state index contributed by atoms with van der Waals surface area (Å²) in [6, 6.07) is 5.06. The van der Waals surface area contributed by atoms with Crippen LogP contribution in [0.4, 0.5) is 5.95 Å². The molecular formula is C19H22ClN3O4. The Balaban J connectivity index is 1.65. The lowest BCUT2D eigenvalue weighted by Gasteiger charge is -2.27. The van der Waals surface area contributed by atoms with Gasteiger partial charge in [0.1, 0.15) is 5.75 Å². The van der Waals surface area contributed by atoms with E-state index < -0.39 is 5.97 Å². The standard InChI is InChI=1S/C19H22ClN3O4/c1-12-11-14(20)3-5-16(12)27-17(24)6-4-15-13(2)21-19(22-18(15)25)23-7-9-26-10-8-23/h3,5,11H,4,6-10H2,1-2H3,(H,21,22,25). The number of nitrogens with zero attached hydrogens (tertiary/aromatic N) is 2. The minimum Gasteiger partial charge on any atom is -0.426 e. The van der Waals surface area contributed by atoms with Gasteiger partial charge in [-0.1, -0.05) is 11.6 Å². The third-order valence-electron chi connectivity index (χ3n) is 4.46. The molecule has 0 saturated carbocycles. The Kier molecular flexibility index (Phi) is 6.13. The lowest BCUT2D eigenvalue weighted by molar-refractivity contribution is -0.134. The van der Waals surface area contributed by atoms with Crippen LogP contribution in [0.2, 0.25) is 5.02 Å². The van der Waals surface area contributed by atoms with Crippen molar-refractivity contribution in [2.75, 3.05) is 31.2 Å². The number of aryl methyl sites for hydroxylation is 2. The van der Waals surface area contributed by atoms with Gasteiger partial charge in [-0.25, -0.2) is 4.98 Å². The minimum absolute atomic E-state index is 0.0879. The van der Waals surface area contributed by atoms with Crippen LogP contribution in [0.15, 0.2) is 23.0 Å². The molecule has 1 aromatic carbocycles. The molecule has 0 radical (unpaired) electrons. The second-order valence-electron chi connectivity index (χ2n) is 6.44. The van der Waals surface area contributed by atoms with E-state index in [0.717, 1.165) is 5.56 Å². The second-order valence-corrected chi connectivity index (χ2v) is 6.87. The van der Waals surface area contributed by atoms with Crippen LogP contribution >= 0.6 is 11.6 Å². The van der Waals surface area contributed by atoms with Crippen LogP contribution < -0.4 is 15.2 Å². The molecular weight excluding hydrogens is 370 g/mol. The molecule has 0 aliphatic carbocycles. The second kappa shape index (κ2) is 8.54. The molecule has 8 heteroatoms. The van der Waals surface area contributed by atoms with Gasteiger partial charge in [0.05, 0.1) is 19.6 Å². The Bertz CT molecular complexity index is 891. The molecule has 1 saturated heterocycles. The Morgan fingerprint density at radius 2 is 2.07 bits per heavy atom. The molecule has 0 unspecified atom stereocenters. The zero-order valence-corrected chi connectivity index (χ0v) is 16.1. The number of benzene rings is 1. The number of esters is 1. The first-order chi connectivity index (χ1) is 12.9. The highest BCUT2D eigenvalue weighted by molar-refractivity contribution is 6.30. The molecule has 144 valence electrons. The smallest absolute Gasteiger partial charge is 0.311 e. The maximum atomic E-state index is 12.4. The van der Waals surface area contributed by atoms with Crippen molar-refractivity contribution in [2.45, 2.75) is 26.7 Å². The lowest BCUT2D eigenvalue weighted by Crippen LogP contribution is -2.38. The quantitative estimate of drug-likeness (QED) is 0.622. The van der Waals surface area contributed by atoms with Crippen molar-refractivity contribution in [1.82, 2.24) is 9.97 Å². The molecule has 2 heterocycles. The molecule has 0 bridgehead atoms. The van der Waals surface area contributed by atoms with Crippen LogP contribution in [0, 0.1) is 13.8 Å². The Hall–Kier alpha value is -2.38. The molecule has 3 rings (SSSR count). The number of anilines is 1. The van der Waals surface area contributed by atoms with Crippen molar-refractivity contribution < 1.29 is 14.3 Å². The molecule has 1 aliphatic rings. The number of halogens is 1. The predicted molar refractivity (Wildman–Crippen MR) is 103 cm³/mol. The first kappa shape index (κ1) is 19.4. The molecule has 27 heavy (non-hydrogen) atoms. The van der Waals surface area contributed by atoms with Gasteiger partial charge in [-0.2, -0.15) is 0 Å². The van der Waals surface area contributed by atoms with E-state index in [2.05, 4.69) is 9.97 Å². The van der Waals surface area contributed by atoms with E-state index in [1.807, 2.05) is 11.8 Å². The summed E-state index contributed by atoms with van der Waals surface area (Å²) >= 11 is 5.90. The number of hydrogen-bond acceptors (Lipinski definition) is 6. The molecule has 2 aromatic rings. The van der Waals surface area contributed by atoms with Crippen molar-refractivity contribution in [3.05, 3.63) is 50.4 Å². The molecule has 0 spiro atoms. The zero-order valence-electron chi connectivity index (χ0n) is 15.4. The van der Waals surface area contributed by atoms with Gasteiger partial charge in [0.2, 0.25) is 5.95 Å². The Morgan fingerprint density at radius 3 is 2.74 bits per heavy atom. The summed E-state index contributed by atoms with van der Waals surface area (Å²) < 4.78 is 10.7. The molecule has 7 nitrogen and oxygen atoms in total. The molecule has 0 atom stereocenters. The van der Waals surface area contributed by atoms with E-state index in [1.165, 1.54) is 0 Å². The number of nitrogens with one attached hydrogen (secondary N) is 1. The van der Waals surface area contributed by atoms with E-state index in [4.69, 9.17) is 21.1 Å². The van der Waals surface area contributed by atoms with E-state index >= 15 is 0 Å².